The molecule has 0 saturated carbocycles. The molecule has 0 aliphatic carbocycles. The van der Waals surface area contributed by atoms with Gasteiger partial charge in [-0.1, -0.05) is 13.3 Å². The summed E-state index contributed by atoms with van der Waals surface area (Å²) in [7, 11) is 0. The number of hydrogen-bond donors (Lipinski definition) is 1. The molecule has 21 heavy (non-hydrogen) atoms. The summed E-state index contributed by atoms with van der Waals surface area (Å²) >= 11 is 0. The van der Waals surface area contributed by atoms with Crippen molar-refractivity contribution in [3.05, 3.63) is 0 Å². The van der Waals surface area contributed by atoms with Crippen molar-refractivity contribution >= 4 is 5.91 Å². The van der Waals surface area contributed by atoms with E-state index in [1.807, 2.05) is 0 Å². The molecule has 1 N–H and O–H groups in total. The second kappa shape index (κ2) is 8.74. The fraction of sp³-hybridized carbons (Fsp3) is 0.941. The lowest BCUT2D eigenvalue weighted by molar-refractivity contribution is -0.127. The van der Waals surface area contributed by atoms with Gasteiger partial charge in [0.25, 0.3) is 0 Å². The molecule has 2 aliphatic heterocycles. The average molecular weight is 296 g/mol. The van der Waals surface area contributed by atoms with Crippen LogP contribution in [0.5, 0.6) is 0 Å². The zero-order valence-electron chi connectivity index (χ0n) is 13.8. The predicted molar refractivity (Wildman–Crippen MR) is 85.3 cm³/mol. The Morgan fingerprint density at radius 3 is 2.86 bits per heavy atom. The van der Waals surface area contributed by atoms with Gasteiger partial charge in [0.2, 0.25) is 5.91 Å². The third kappa shape index (κ3) is 5.26. The van der Waals surface area contributed by atoms with Gasteiger partial charge in [0, 0.05) is 32.3 Å². The first-order valence-electron chi connectivity index (χ1n) is 8.84. The summed E-state index contributed by atoms with van der Waals surface area (Å²) in [4.78, 5) is 14.7. The predicted octanol–water partition coefficient (Wildman–Crippen LogP) is 2.57. The van der Waals surface area contributed by atoms with Crippen LogP contribution in [0.3, 0.4) is 0 Å². The monoisotopic (exact) mass is 296 g/mol. The highest BCUT2D eigenvalue weighted by atomic mass is 16.5. The van der Waals surface area contributed by atoms with E-state index in [-0.39, 0.29) is 11.8 Å². The number of carbonyl (C=O) groups excluding carboxylic acids is 1. The summed E-state index contributed by atoms with van der Waals surface area (Å²) < 4.78 is 5.86. The summed E-state index contributed by atoms with van der Waals surface area (Å²) in [6.45, 7) is 8.08. The number of carbonyl (C=O) groups is 1. The maximum absolute atomic E-state index is 12.2. The second-order valence-corrected chi connectivity index (χ2v) is 6.71. The van der Waals surface area contributed by atoms with Crippen LogP contribution in [0.2, 0.25) is 0 Å². The highest BCUT2D eigenvalue weighted by Gasteiger charge is 2.31. The Bertz CT molecular complexity index is 316. The largest absolute Gasteiger partial charge is 0.377 e. The normalized spacial score (nSPS) is 31.0. The Morgan fingerprint density at radius 2 is 2.14 bits per heavy atom. The van der Waals surface area contributed by atoms with Gasteiger partial charge in [0.15, 0.2) is 0 Å². The van der Waals surface area contributed by atoms with Gasteiger partial charge in [0.05, 0.1) is 12.0 Å². The van der Waals surface area contributed by atoms with E-state index in [2.05, 4.69) is 24.1 Å². The van der Waals surface area contributed by atoms with E-state index in [0.29, 0.717) is 12.1 Å². The van der Waals surface area contributed by atoms with Crippen LogP contribution in [0.4, 0.5) is 0 Å². The SMILES string of the molecule is CCCCNC(=O)[C@@H]1CC[C@H](C)N(C[C@H]2CCCCO2)C1. The molecule has 4 nitrogen and oxygen atoms in total. The molecular weight excluding hydrogens is 264 g/mol. The highest BCUT2D eigenvalue weighted by Crippen LogP contribution is 2.24. The lowest BCUT2D eigenvalue weighted by Gasteiger charge is -2.39. The molecular formula is C17H32N2O2. The van der Waals surface area contributed by atoms with Crippen molar-refractivity contribution in [2.24, 2.45) is 5.92 Å². The number of hydrogen-bond acceptors (Lipinski definition) is 3. The molecule has 0 aromatic heterocycles. The van der Waals surface area contributed by atoms with Crippen LogP contribution in [-0.2, 0) is 9.53 Å². The van der Waals surface area contributed by atoms with E-state index in [4.69, 9.17) is 4.74 Å². The molecule has 0 spiro atoms. The van der Waals surface area contributed by atoms with Crippen molar-refractivity contribution in [3.63, 3.8) is 0 Å². The quantitative estimate of drug-likeness (QED) is 0.766. The summed E-state index contributed by atoms with van der Waals surface area (Å²) in [5.74, 6) is 0.423. The van der Waals surface area contributed by atoms with Crippen molar-refractivity contribution in [1.29, 1.82) is 0 Å². The average Bonchev–Trinajstić information content (AvgIpc) is 2.50. The summed E-state index contributed by atoms with van der Waals surface area (Å²) in [5, 5.41) is 3.10. The smallest absolute Gasteiger partial charge is 0.224 e. The van der Waals surface area contributed by atoms with Crippen molar-refractivity contribution in [2.45, 2.75) is 70.9 Å². The van der Waals surface area contributed by atoms with E-state index in [1.165, 1.54) is 19.3 Å². The third-order valence-corrected chi connectivity index (χ3v) is 4.92. The molecule has 0 unspecified atom stereocenters. The summed E-state index contributed by atoms with van der Waals surface area (Å²) in [6, 6.07) is 0.579. The lowest BCUT2D eigenvalue weighted by Crippen LogP contribution is -2.50. The maximum atomic E-state index is 12.2. The Balaban J connectivity index is 1.79. The van der Waals surface area contributed by atoms with Crippen molar-refractivity contribution < 1.29 is 9.53 Å². The number of rotatable bonds is 6. The number of nitrogens with zero attached hydrogens (tertiary/aromatic N) is 1. The Morgan fingerprint density at radius 1 is 1.29 bits per heavy atom. The van der Waals surface area contributed by atoms with Gasteiger partial charge in [-0.05, 0) is 45.4 Å². The van der Waals surface area contributed by atoms with Crippen LogP contribution in [0.1, 0.15) is 58.8 Å². The van der Waals surface area contributed by atoms with Crippen molar-refractivity contribution in [2.75, 3.05) is 26.2 Å². The van der Waals surface area contributed by atoms with E-state index in [9.17, 15) is 4.79 Å². The minimum absolute atomic E-state index is 0.168. The molecule has 0 bridgehead atoms. The zero-order valence-corrected chi connectivity index (χ0v) is 13.8. The number of piperidine rings is 1. The van der Waals surface area contributed by atoms with Crippen LogP contribution in [0.25, 0.3) is 0 Å². The van der Waals surface area contributed by atoms with Gasteiger partial charge >= 0.3 is 0 Å². The molecule has 0 aromatic carbocycles. The first kappa shape index (κ1) is 16.8. The molecule has 2 saturated heterocycles. The maximum Gasteiger partial charge on any atom is 0.224 e. The lowest BCUT2D eigenvalue weighted by atomic mass is 9.92. The highest BCUT2D eigenvalue weighted by molar-refractivity contribution is 5.78. The minimum atomic E-state index is 0.168. The number of ether oxygens (including phenoxy) is 1. The molecule has 0 aromatic rings. The topological polar surface area (TPSA) is 41.6 Å². The number of unbranched alkanes of at least 4 members (excludes halogenated alkanes) is 1. The Kier molecular flexibility index (Phi) is 6.97. The van der Waals surface area contributed by atoms with Gasteiger partial charge < -0.3 is 10.1 Å². The van der Waals surface area contributed by atoms with Crippen molar-refractivity contribution in [1.82, 2.24) is 10.2 Å². The fourth-order valence-electron chi connectivity index (χ4n) is 3.39. The molecule has 2 rings (SSSR count). The molecule has 122 valence electrons. The van der Waals surface area contributed by atoms with Gasteiger partial charge in [-0.25, -0.2) is 0 Å². The summed E-state index contributed by atoms with van der Waals surface area (Å²) in [5.41, 5.74) is 0. The van der Waals surface area contributed by atoms with E-state index in [1.54, 1.807) is 0 Å². The second-order valence-electron chi connectivity index (χ2n) is 6.71. The molecule has 2 heterocycles. The fourth-order valence-corrected chi connectivity index (χ4v) is 3.39. The molecule has 4 heteroatoms. The molecule has 0 radical (unpaired) electrons. The van der Waals surface area contributed by atoms with E-state index < -0.39 is 0 Å². The number of nitrogens with one attached hydrogen (secondary N) is 1. The molecule has 2 fully saturated rings. The molecule has 2 aliphatic rings. The first-order chi connectivity index (χ1) is 10.2. The number of amides is 1. The first-order valence-corrected chi connectivity index (χ1v) is 8.84. The van der Waals surface area contributed by atoms with Crippen LogP contribution in [-0.4, -0.2) is 49.2 Å². The van der Waals surface area contributed by atoms with Gasteiger partial charge in [0.1, 0.15) is 0 Å². The van der Waals surface area contributed by atoms with Crippen LogP contribution >= 0.6 is 0 Å². The Labute approximate surface area is 129 Å². The number of likely N-dealkylation sites (tertiary alicyclic amines) is 1. The third-order valence-electron chi connectivity index (χ3n) is 4.92. The Hall–Kier alpha value is -0.610. The standard InChI is InChI=1S/C17H32N2O2/c1-3-4-10-18-17(20)15-9-8-14(2)19(12-15)13-16-7-5-6-11-21-16/h14-16H,3-13H2,1-2H3,(H,18,20)/t14-,15+,16+/m0/s1. The van der Waals surface area contributed by atoms with E-state index in [0.717, 1.165) is 51.9 Å². The zero-order chi connectivity index (χ0) is 15.1. The van der Waals surface area contributed by atoms with Crippen molar-refractivity contribution in [3.8, 4) is 0 Å². The van der Waals surface area contributed by atoms with Crippen LogP contribution in [0, 0.1) is 5.92 Å². The van der Waals surface area contributed by atoms with Gasteiger partial charge in [-0.2, -0.15) is 0 Å². The van der Waals surface area contributed by atoms with Gasteiger partial charge in [-0.3, -0.25) is 9.69 Å². The van der Waals surface area contributed by atoms with Crippen LogP contribution < -0.4 is 5.32 Å². The van der Waals surface area contributed by atoms with Crippen LogP contribution in [0.15, 0.2) is 0 Å². The minimum Gasteiger partial charge on any atom is -0.377 e. The molecule has 3 atom stereocenters. The van der Waals surface area contributed by atoms with Gasteiger partial charge in [-0.15, -0.1) is 0 Å². The van der Waals surface area contributed by atoms with E-state index >= 15 is 0 Å². The summed E-state index contributed by atoms with van der Waals surface area (Å²) in [6.07, 6.45) is 8.41. The molecule has 1 amide bonds.